The number of carbonyl (C=O) groups is 2. The van der Waals surface area contributed by atoms with Crippen LogP contribution >= 0.6 is 23.2 Å². The first kappa shape index (κ1) is 28.7. The van der Waals surface area contributed by atoms with Gasteiger partial charge in [0.2, 0.25) is 21.8 Å². The van der Waals surface area contributed by atoms with Gasteiger partial charge in [-0.2, -0.15) is 0 Å². The monoisotopic (exact) mass is 543 g/mol. The summed E-state index contributed by atoms with van der Waals surface area (Å²) in [6, 6.07) is 10.4. The lowest BCUT2D eigenvalue weighted by Crippen LogP contribution is -2.53. The molecule has 35 heavy (non-hydrogen) atoms. The molecule has 2 aromatic carbocycles. The van der Waals surface area contributed by atoms with Crippen molar-refractivity contribution in [3.8, 4) is 5.75 Å². The predicted molar refractivity (Wildman–Crippen MR) is 140 cm³/mol. The third kappa shape index (κ3) is 7.49. The standard InChI is InChI=1S/C24H31Cl2N3O5S/c1-6-20(24(31)27-16(2)3)28(14-17-18(25)10-9-11-19(17)26)23(30)15-29(35(5,32)33)21-12-7-8-13-22(21)34-4/h7-13,16,20H,6,14-15H2,1-5H3,(H,27,31). The van der Waals surface area contributed by atoms with E-state index < -0.39 is 28.5 Å². The molecule has 2 rings (SSSR count). The predicted octanol–water partition coefficient (Wildman–Crippen LogP) is 4.10. The second kappa shape index (κ2) is 12.5. The van der Waals surface area contributed by atoms with Gasteiger partial charge < -0.3 is 15.0 Å². The summed E-state index contributed by atoms with van der Waals surface area (Å²) in [7, 11) is -2.47. The van der Waals surface area contributed by atoms with E-state index in [0.29, 0.717) is 22.0 Å². The number of amides is 2. The van der Waals surface area contributed by atoms with Crippen molar-refractivity contribution in [2.24, 2.45) is 0 Å². The van der Waals surface area contributed by atoms with Crippen molar-refractivity contribution in [3.63, 3.8) is 0 Å². The molecule has 8 nitrogen and oxygen atoms in total. The fraction of sp³-hybridized carbons (Fsp3) is 0.417. The second-order valence-electron chi connectivity index (χ2n) is 8.25. The van der Waals surface area contributed by atoms with Crippen LogP contribution in [-0.2, 0) is 26.2 Å². The molecule has 0 fully saturated rings. The number of ether oxygens (including phenoxy) is 1. The molecule has 0 aliphatic rings. The number of methoxy groups -OCH3 is 1. The Kier molecular flexibility index (Phi) is 10.2. The average Bonchev–Trinajstić information content (AvgIpc) is 2.77. The van der Waals surface area contributed by atoms with E-state index in [9.17, 15) is 18.0 Å². The fourth-order valence-electron chi connectivity index (χ4n) is 3.58. The van der Waals surface area contributed by atoms with Gasteiger partial charge in [-0.15, -0.1) is 0 Å². The highest BCUT2D eigenvalue weighted by atomic mass is 35.5. The maximum absolute atomic E-state index is 13.7. The lowest BCUT2D eigenvalue weighted by molar-refractivity contribution is -0.140. The number of anilines is 1. The molecule has 1 atom stereocenters. The van der Waals surface area contributed by atoms with Gasteiger partial charge in [-0.3, -0.25) is 13.9 Å². The number of rotatable bonds is 11. The Morgan fingerprint density at radius 3 is 2.17 bits per heavy atom. The summed E-state index contributed by atoms with van der Waals surface area (Å²) in [5.41, 5.74) is 0.671. The highest BCUT2D eigenvalue weighted by molar-refractivity contribution is 7.92. The minimum atomic E-state index is -3.89. The van der Waals surface area contributed by atoms with Gasteiger partial charge in [0, 0.05) is 28.2 Å². The van der Waals surface area contributed by atoms with Crippen LogP contribution in [0.1, 0.15) is 32.8 Å². The van der Waals surface area contributed by atoms with Crippen molar-refractivity contribution in [2.45, 2.75) is 45.8 Å². The van der Waals surface area contributed by atoms with Crippen LogP contribution in [0.3, 0.4) is 0 Å². The number of hydrogen-bond acceptors (Lipinski definition) is 5. The van der Waals surface area contributed by atoms with E-state index >= 15 is 0 Å². The number of nitrogens with one attached hydrogen (secondary N) is 1. The second-order valence-corrected chi connectivity index (χ2v) is 11.0. The third-order valence-electron chi connectivity index (χ3n) is 5.24. The van der Waals surface area contributed by atoms with Gasteiger partial charge in [-0.1, -0.05) is 48.3 Å². The maximum atomic E-state index is 13.7. The molecule has 2 aromatic rings. The summed E-state index contributed by atoms with van der Waals surface area (Å²) in [6.45, 7) is 4.77. The van der Waals surface area contributed by atoms with Gasteiger partial charge in [-0.05, 0) is 44.5 Å². The summed E-state index contributed by atoms with van der Waals surface area (Å²) >= 11 is 12.7. The van der Waals surface area contributed by atoms with Crippen LogP contribution < -0.4 is 14.4 Å². The van der Waals surface area contributed by atoms with E-state index in [1.54, 1.807) is 49.4 Å². The minimum absolute atomic E-state index is 0.0785. The number of carbonyl (C=O) groups excluding carboxylic acids is 2. The van der Waals surface area contributed by atoms with Crippen LogP contribution in [0.25, 0.3) is 0 Å². The van der Waals surface area contributed by atoms with Crippen molar-refractivity contribution in [2.75, 3.05) is 24.2 Å². The zero-order valence-corrected chi connectivity index (χ0v) is 22.7. The van der Waals surface area contributed by atoms with Crippen molar-refractivity contribution in [3.05, 3.63) is 58.1 Å². The van der Waals surface area contributed by atoms with Crippen LogP contribution in [0.5, 0.6) is 5.75 Å². The molecule has 0 aliphatic heterocycles. The molecule has 0 aliphatic carbocycles. The Hall–Kier alpha value is -2.49. The first-order valence-corrected chi connectivity index (χ1v) is 13.6. The molecule has 0 radical (unpaired) electrons. The smallest absolute Gasteiger partial charge is 0.244 e. The van der Waals surface area contributed by atoms with Gasteiger partial charge >= 0.3 is 0 Å². The summed E-state index contributed by atoms with van der Waals surface area (Å²) in [5.74, 6) is -0.665. The molecule has 1 N–H and O–H groups in total. The van der Waals surface area contributed by atoms with E-state index in [0.717, 1.165) is 10.6 Å². The maximum Gasteiger partial charge on any atom is 0.244 e. The zero-order valence-electron chi connectivity index (χ0n) is 20.4. The van der Waals surface area contributed by atoms with Gasteiger partial charge in [0.1, 0.15) is 18.3 Å². The SMILES string of the molecule is CCC(C(=O)NC(C)C)N(Cc1c(Cl)cccc1Cl)C(=O)CN(c1ccccc1OC)S(C)(=O)=O. The van der Waals surface area contributed by atoms with Crippen LogP contribution in [0.4, 0.5) is 5.69 Å². The number of sulfonamides is 1. The van der Waals surface area contributed by atoms with Gasteiger partial charge in [0.25, 0.3) is 0 Å². The number of benzene rings is 2. The Morgan fingerprint density at radius 2 is 1.66 bits per heavy atom. The first-order valence-electron chi connectivity index (χ1n) is 11.0. The molecule has 0 saturated heterocycles. The Bertz CT molecular complexity index is 1140. The van der Waals surface area contributed by atoms with Crippen LogP contribution in [0.15, 0.2) is 42.5 Å². The molecule has 0 aromatic heterocycles. The average molecular weight is 545 g/mol. The normalized spacial score (nSPS) is 12.2. The molecule has 192 valence electrons. The molecule has 2 amide bonds. The van der Waals surface area contributed by atoms with Crippen LogP contribution in [0.2, 0.25) is 10.0 Å². The van der Waals surface area contributed by atoms with E-state index in [1.165, 1.54) is 12.0 Å². The number of nitrogens with zero attached hydrogens (tertiary/aromatic N) is 2. The fourth-order valence-corrected chi connectivity index (χ4v) is 4.95. The van der Waals surface area contributed by atoms with E-state index in [2.05, 4.69) is 5.32 Å². The van der Waals surface area contributed by atoms with Gasteiger partial charge in [-0.25, -0.2) is 8.42 Å². The highest BCUT2D eigenvalue weighted by Gasteiger charge is 2.33. The number of hydrogen-bond donors (Lipinski definition) is 1. The van der Waals surface area contributed by atoms with E-state index in [1.807, 2.05) is 13.8 Å². The molecule has 11 heteroatoms. The third-order valence-corrected chi connectivity index (χ3v) is 7.07. The number of halogens is 2. The van der Waals surface area contributed by atoms with Gasteiger partial charge in [0.15, 0.2) is 0 Å². The van der Waals surface area contributed by atoms with E-state index in [-0.39, 0.29) is 29.9 Å². The van der Waals surface area contributed by atoms with Crippen LogP contribution in [0, 0.1) is 0 Å². The Morgan fingerprint density at radius 1 is 1.06 bits per heavy atom. The highest BCUT2D eigenvalue weighted by Crippen LogP contribution is 2.31. The molecular formula is C24H31Cl2N3O5S. The van der Waals surface area contributed by atoms with Crippen LogP contribution in [-0.4, -0.2) is 57.1 Å². The van der Waals surface area contributed by atoms with Gasteiger partial charge in [0.05, 0.1) is 19.1 Å². The summed E-state index contributed by atoms with van der Waals surface area (Å²) in [6.07, 6.45) is 1.30. The Labute approximate surface area is 217 Å². The molecule has 0 bridgehead atoms. The molecule has 0 heterocycles. The lowest BCUT2D eigenvalue weighted by Gasteiger charge is -2.33. The Balaban J connectivity index is 2.54. The van der Waals surface area contributed by atoms with Crippen molar-refractivity contribution in [1.82, 2.24) is 10.2 Å². The lowest BCUT2D eigenvalue weighted by atomic mass is 10.1. The zero-order chi connectivity index (χ0) is 26.3. The van der Waals surface area contributed by atoms with Crippen molar-refractivity contribution >= 4 is 50.7 Å². The summed E-state index contributed by atoms with van der Waals surface area (Å²) in [4.78, 5) is 28.0. The molecule has 0 spiro atoms. The summed E-state index contributed by atoms with van der Waals surface area (Å²) < 4.78 is 31.7. The minimum Gasteiger partial charge on any atom is -0.495 e. The molecular weight excluding hydrogens is 513 g/mol. The molecule has 1 unspecified atom stereocenters. The first-order chi connectivity index (χ1) is 16.4. The number of para-hydroxylation sites is 2. The topological polar surface area (TPSA) is 96.0 Å². The largest absolute Gasteiger partial charge is 0.495 e. The quantitative estimate of drug-likeness (QED) is 0.460. The molecule has 0 saturated carbocycles. The van der Waals surface area contributed by atoms with Crippen molar-refractivity contribution in [1.29, 1.82) is 0 Å². The van der Waals surface area contributed by atoms with Crippen molar-refractivity contribution < 1.29 is 22.7 Å². The van der Waals surface area contributed by atoms with E-state index in [4.69, 9.17) is 27.9 Å². The summed E-state index contributed by atoms with van der Waals surface area (Å²) in [5, 5.41) is 3.49.